The molecule has 0 heterocycles. The van der Waals surface area contributed by atoms with Crippen molar-refractivity contribution in [3.8, 4) is 0 Å². The third-order valence-corrected chi connectivity index (χ3v) is 5.41. The first-order valence-corrected chi connectivity index (χ1v) is 8.72. The van der Waals surface area contributed by atoms with Crippen molar-refractivity contribution < 1.29 is 10.2 Å². The van der Waals surface area contributed by atoms with Gasteiger partial charge in [0.1, 0.15) is 0 Å². The summed E-state index contributed by atoms with van der Waals surface area (Å²) >= 11 is 0. The van der Waals surface area contributed by atoms with Crippen LogP contribution in [0.2, 0.25) is 0 Å². The third kappa shape index (κ3) is 4.43. The van der Waals surface area contributed by atoms with Crippen LogP contribution >= 0.6 is 0 Å². The fourth-order valence-corrected chi connectivity index (χ4v) is 4.26. The molecule has 0 aromatic heterocycles. The largest absolute Gasteiger partial charge is 0.392 e. The van der Waals surface area contributed by atoms with Gasteiger partial charge in [-0.05, 0) is 43.4 Å². The standard InChI is InChI=1S/C19H32O2/c1-4-5-6-13(2)10-16(20)7-8-17-18-11-14(3)9-15(18)12-19(17)21/h7-8,13,15-21H,3-6,9-12H2,1-2H3/b8-7+/t13-,15-,16+,17+,18+,19+/m0/s1. The van der Waals surface area contributed by atoms with E-state index >= 15 is 0 Å². The quantitative estimate of drug-likeness (QED) is 0.694. The predicted molar refractivity (Wildman–Crippen MR) is 87.9 cm³/mol. The van der Waals surface area contributed by atoms with Crippen LogP contribution in [0, 0.1) is 23.7 Å². The van der Waals surface area contributed by atoms with Gasteiger partial charge in [-0.15, -0.1) is 0 Å². The molecule has 2 nitrogen and oxygen atoms in total. The lowest BCUT2D eigenvalue weighted by atomic mass is 9.90. The molecule has 6 atom stereocenters. The zero-order chi connectivity index (χ0) is 15.4. The average molecular weight is 292 g/mol. The molecule has 0 amide bonds. The van der Waals surface area contributed by atoms with Crippen LogP contribution in [0.15, 0.2) is 24.3 Å². The first-order valence-electron chi connectivity index (χ1n) is 8.72. The highest BCUT2D eigenvalue weighted by Crippen LogP contribution is 2.49. The zero-order valence-electron chi connectivity index (χ0n) is 13.7. The number of hydrogen-bond acceptors (Lipinski definition) is 2. The Morgan fingerprint density at radius 2 is 2.14 bits per heavy atom. The predicted octanol–water partition coefficient (Wildman–Crippen LogP) is 4.08. The summed E-state index contributed by atoms with van der Waals surface area (Å²) in [6, 6.07) is 0. The Labute approximate surface area is 130 Å². The van der Waals surface area contributed by atoms with Gasteiger partial charge in [0, 0.05) is 5.92 Å². The van der Waals surface area contributed by atoms with Gasteiger partial charge in [0.25, 0.3) is 0 Å². The summed E-state index contributed by atoms with van der Waals surface area (Å²) in [5.74, 6) is 1.95. The van der Waals surface area contributed by atoms with E-state index in [4.69, 9.17) is 0 Å². The van der Waals surface area contributed by atoms with Crippen molar-refractivity contribution in [3.63, 3.8) is 0 Å². The molecule has 0 radical (unpaired) electrons. The molecular weight excluding hydrogens is 260 g/mol. The number of aliphatic hydroxyl groups excluding tert-OH is 2. The second kappa shape index (κ2) is 7.60. The highest BCUT2D eigenvalue weighted by molar-refractivity contribution is 5.15. The zero-order valence-corrected chi connectivity index (χ0v) is 13.7. The van der Waals surface area contributed by atoms with Crippen LogP contribution in [-0.2, 0) is 0 Å². The number of fused-ring (bicyclic) bond motifs is 1. The smallest absolute Gasteiger partial charge is 0.0723 e. The van der Waals surface area contributed by atoms with E-state index in [9.17, 15) is 10.2 Å². The highest BCUT2D eigenvalue weighted by atomic mass is 16.3. The molecule has 2 heteroatoms. The van der Waals surface area contributed by atoms with Crippen LogP contribution in [0.5, 0.6) is 0 Å². The third-order valence-electron chi connectivity index (χ3n) is 5.41. The van der Waals surface area contributed by atoms with E-state index in [1.165, 1.54) is 24.8 Å². The lowest BCUT2D eigenvalue weighted by Gasteiger charge is -2.18. The summed E-state index contributed by atoms with van der Waals surface area (Å²) in [6.07, 6.45) is 11.0. The van der Waals surface area contributed by atoms with Crippen LogP contribution in [0.3, 0.4) is 0 Å². The molecule has 2 fully saturated rings. The van der Waals surface area contributed by atoms with Crippen molar-refractivity contribution in [2.24, 2.45) is 23.7 Å². The van der Waals surface area contributed by atoms with Gasteiger partial charge >= 0.3 is 0 Å². The maximum Gasteiger partial charge on any atom is 0.0723 e. The van der Waals surface area contributed by atoms with E-state index in [0.717, 1.165) is 25.7 Å². The maximum atomic E-state index is 10.2. The second-order valence-electron chi connectivity index (χ2n) is 7.40. The van der Waals surface area contributed by atoms with Crippen molar-refractivity contribution in [1.29, 1.82) is 0 Å². The number of hydrogen-bond donors (Lipinski definition) is 2. The van der Waals surface area contributed by atoms with Crippen LogP contribution in [-0.4, -0.2) is 22.4 Å². The molecule has 0 saturated heterocycles. The van der Waals surface area contributed by atoms with Crippen LogP contribution < -0.4 is 0 Å². The molecule has 0 unspecified atom stereocenters. The normalized spacial score (nSPS) is 35.3. The van der Waals surface area contributed by atoms with Crippen LogP contribution in [0.25, 0.3) is 0 Å². The molecule has 0 aliphatic heterocycles. The van der Waals surface area contributed by atoms with E-state index in [1.54, 1.807) is 0 Å². The SMILES string of the molecule is C=C1C[C@H]2C[C@@H](O)[C@H](/C=C/[C@@H](O)C[C@@H](C)CCCC)[C@@H]2C1. The minimum absolute atomic E-state index is 0.217. The Kier molecular flexibility index (Phi) is 6.07. The molecule has 2 rings (SSSR count). The van der Waals surface area contributed by atoms with E-state index in [1.807, 2.05) is 6.08 Å². The van der Waals surface area contributed by atoms with Crippen molar-refractivity contribution in [2.45, 2.75) is 71.0 Å². The van der Waals surface area contributed by atoms with Gasteiger partial charge in [-0.25, -0.2) is 0 Å². The molecule has 2 N–H and O–H groups in total. The fourth-order valence-electron chi connectivity index (χ4n) is 4.26. The summed E-state index contributed by atoms with van der Waals surface area (Å²) in [4.78, 5) is 0. The van der Waals surface area contributed by atoms with E-state index in [2.05, 4.69) is 26.5 Å². The molecule has 21 heavy (non-hydrogen) atoms. The first-order chi connectivity index (χ1) is 10.0. The van der Waals surface area contributed by atoms with Crippen molar-refractivity contribution in [1.82, 2.24) is 0 Å². The van der Waals surface area contributed by atoms with Gasteiger partial charge in [-0.2, -0.15) is 0 Å². The van der Waals surface area contributed by atoms with Gasteiger partial charge in [0.05, 0.1) is 12.2 Å². The summed E-state index contributed by atoms with van der Waals surface area (Å²) in [5, 5.41) is 20.4. The maximum absolute atomic E-state index is 10.2. The fraction of sp³-hybridized carbons (Fsp3) is 0.789. The molecular formula is C19H32O2. The summed E-state index contributed by atoms with van der Waals surface area (Å²) < 4.78 is 0. The molecule has 2 aliphatic rings. The highest BCUT2D eigenvalue weighted by Gasteiger charge is 2.44. The van der Waals surface area contributed by atoms with Gasteiger partial charge in [-0.1, -0.05) is 57.4 Å². The second-order valence-corrected chi connectivity index (χ2v) is 7.40. The number of rotatable bonds is 7. The lowest BCUT2D eigenvalue weighted by molar-refractivity contribution is 0.138. The van der Waals surface area contributed by atoms with Gasteiger partial charge < -0.3 is 10.2 Å². The van der Waals surface area contributed by atoms with E-state index in [0.29, 0.717) is 17.8 Å². The molecule has 0 aromatic rings. The molecule has 2 aliphatic carbocycles. The number of aliphatic hydroxyl groups is 2. The Bertz CT molecular complexity index is 374. The summed E-state index contributed by atoms with van der Waals surface area (Å²) in [5.41, 5.74) is 1.34. The topological polar surface area (TPSA) is 40.5 Å². The molecule has 0 aromatic carbocycles. The van der Waals surface area contributed by atoms with Crippen molar-refractivity contribution in [3.05, 3.63) is 24.3 Å². The Morgan fingerprint density at radius 1 is 1.38 bits per heavy atom. The Hall–Kier alpha value is -0.600. The monoisotopic (exact) mass is 292 g/mol. The number of allylic oxidation sites excluding steroid dienone is 1. The minimum Gasteiger partial charge on any atom is -0.392 e. The Morgan fingerprint density at radius 3 is 2.86 bits per heavy atom. The molecule has 0 bridgehead atoms. The Balaban J connectivity index is 1.83. The van der Waals surface area contributed by atoms with Crippen LogP contribution in [0.1, 0.15) is 58.8 Å². The van der Waals surface area contributed by atoms with Crippen molar-refractivity contribution in [2.75, 3.05) is 0 Å². The van der Waals surface area contributed by atoms with E-state index in [-0.39, 0.29) is 18.1 Å². The lowest BCUT2D eigenvalue weighted by Crippen LogP contribution is -2.18. The number of unbranched alkanes of at least 4 members (excludes halogenated alkanes) is 1. The van der Waals surface area contributed by atoms with Gasteiger partial charge in [0.15, 0.2) is 0 Å². The average Bonchev–Trinajstić information content (AvgIpc) is 2.89. The molecule has 0 spiro atoms. The molecule has 2 saturated carbocycles. The van der Waals surface area contributed by atoms with Gasteiger partial charge in [0.2, 0.25) is 0 Å². The summed E-state index contributed by atoms with van der Waals surface area (Å²) in [6.45, 7) is 8.53. The van der Waals surface area contributed by atoms with E-state index < -0.39 is 0 Å². The van der Waals surface area contributed by atoms with Crippen LogP contribution in [0.4, 0.5) is 0 Å². The first kappa shape index (κ1) is 16.8. The summed E-state index contributed by atoms with van der Waals surface area (Å²) in [7, 11) is 0. The molecule has 120 valence electrons. The van der Waals surface area contributed by atoms with Crippen molar-refractivity contribution >= 4 is 0 Å². The minimum atomic E-state index is -0.368. The van der Waals surface area contributed by atoms with Gasteiger partial charge in [-0.3, -0.25) is 0 Å².